The van der Waals surface area contributed by atoms with Crippen molar-refractivity contribution >= 4 is 38.0 Å². The normalized spacial score (nSPS) is 13.2. The van der Waals surface area contributed by atoms with Gasteiger partial charge < -0.3 is 5.32 Å². The lowest BCUT2D eigenvalue weighted by atomic mass is 9.84. The molecule has 188 valence electrons. The minimum atomic E-state index is 0.806. The maximum Gasteiger partial charge on any atom is 0.0708 e. The van der Waals surface area contributed by atoms with Gasteiger partial charge in [-0.1, -0.05) is 54.6 Å². The largest absolute Gasteiger partial charge is 0.381 e. The maximum absolute atomic E-state index is 4.77. The van der Waals surface area contributed by atoms with E-state index in [2.05, 4.69) is 84.2 Å². The molecule has 0 amide bonds. The molecule has 1 aliphatic rings. The predicted molar refractivity (Wildman–Crippen MR) is 165 cm³/mol. The fourth-order valence-electron chi connectivity index (χ4n) is 6.06. The first-order valence-corrected chi connectivity index (χ1v) is 13.5. The number of nitrogens with one attached hydrogen (secondary N) is 1. The molecule has 0 saturated heterocycles. The van der Waals surface area contributed by atoms with Crippen LogP contribution >= 0.6 is 0 Å². The highest BCUT2D eigenvalue weighted by Gasteiger charge is 2.22. The Bertz CT molecular complexity index is 2020. The summed E-state index contributed by atoms with van der Waals surface area (Å²) in [5.41, 5.74) is 8.48. The molecule has 1 aliphatic heterocycles. The third kappa shape index (κ3) is 3.50. The molecule has 8 rings (SSSR count). The number of allylic oxidation sites excluding steroid dienone is 2. The minimum absolute atomic E-state index is 0.806. The fourth-order valence-corrected chi connectivity index (χ4v) is 6.06. The van der Waals surface area contributed by atoms with Gasteiger partial charge in [-0.3, -0.25) is 15.0 Å². The summed E-state index contributed by atoms with van der Waals surface area (Å²) in [5.74, 6) is 0. The Morgan fingerprint density at radius 3 is 1.35 bits per heavy atom. The zero-order valence-corrected chi connectivity index (χ0v) is 21.7. The molecule has 7 aromatic rings. The fraction of sp³-hybridized carbons (Fsp3) is 0.0278. The van der Waals surface area contributed by atoms with E-state index in [9.17, 15) is 0 Å². The van der Waals surface area contributed by atoms with Crippen LogP contribution in [-0.2, 0) is 0 Å². The van der Waals surface area contributed by atoms with Gasteiger partial charge in [0, 0.05) is 53.1 Å². The topological polar surface area (TPSA) is 50.7 Å². The van der Waals surface area contributed by atoms with Crippen molar-refractivity contribution in [2.75, 3.05) is 6.54 Å². The molecule has 0 spiro atoms. The number of rotatable bonds is 4. The van der Waals surface area contributed by atoms with Gasteiger partial charge in [-0.2, -0.15) is 0 Å². The van der Waals surface area contributed by atoms with Gasteiger partial charge in [0.25, 0.3) is 0 Å². The summed E-state index contributed by atoms with van der Waals surface area (Å²) in [6, 6.07) is 31.9. The van der Waals surface area contributed by atoms with Gasteiger partial charge in [0.1, 0.15) is 0 Å². The molecule has 4 heteroatoms. The zero-order chi connectivity index (χ0) is 26.5. The van der Waals surface area contributed by atoms with E-state index >= 15 is 0 Å². The lowest BCUT2D eigenvalue weighted by Crippen LogP contribution is -2.14. The summed E-state index contributed by atoms with van der Waals surface area (Å²) in [6.07, 6.45) is 12.0. The van der Waals surface area contributed by atoms with Crippen LogP contribution in [-0.4, -0.2) is 21.5 Å². The smallest absolute Gasteiger partial charge is 0.0708 e. The summed E-state index contributed by atoms with van der Waals surface area (Å²) in [6.45, 7) is 0.806. The van der Waals surface area contributed by atoms with Crippen molar-refractivity contribution in [2.45, 2.75) is 0 Å². The quantitative estimate of drug-likeness (QED) is 0.241. The molecule has 0 fully saturated rings. The van der Waals surface area contributed by atoms with Crippen molar-refractivity contribution in [3.05, 3.63) is 133 Å². The molecule has 0 bridgehead atoms. The van der Waals surface area contributed by atoms with E-state index < -0.39 is 0 Å². The SMILES string of the molecule is C1=CCNC(c2cc(-c3ccccn3)c3ccc4c(-c5ccccn5)cc(-c5ccccn5)c5ccc2c3c54)=C1. The Kier molecular flexibility index (Phi) is 5.17. The van der Waals surface area contributed by atoms with Crippen LogP contribution in [0.5, 0.6) is 0 Å². The number of hydrogen-bond donors (Lipinski definition) is 1. The van der Waals surface area contributed by atoms with Crippen LogP contribution in [0, 0.1) is 0 Å². The first kappa shape index (κ1) is 22.6. The highest BCUT2D eigenvalue weighted by Crippen LogP contribution is 2.46. The number of aromatic nitrogens is 3. The van der Waals surface area contributed by atoms with E-state index in [1.165, 1.54) is 37.9 Å². The second-order valence-electron chi connectivity index (χ2n) is 10.0. The monoisotopic (exact) mass is 512 g/mol. The van der Waals surface area contributed by atoms with Gasteiger partial charge in [-0.25, -0.2) is 0 Å². The number of pyridine rings is 3. The number of nitrogens with zero attached hydrogens (tertiary/aromatic N) is 3. The molecular formula is C36H24N4. The maximum atomic E-state index is 4.77. The van der Waals surface area contributed by atoms with Crippen molar-refractivity contribution in [3.8, 4) is 33.8 Å². The van der Waals surface area contributed by atoms with Crippen LogP contribution in [0.4, 0.5) is 0 Å². The van der Waals surface area contributed by atoms with Gasteiger partial charge in [0.05, 0.1) is 17.1 Å². The third-order valence-corrected chi connectivity index (χ3v) is 7.82. The van der Waals surface area contributed by atoms with Gasteiger partial charge in [-0.15, -0.1) is 0 Å². The minimum Gasteiger partial charge on any atom is -0.381 e. The average molecular weight is 513 g/mol. The zero-order valence-electron chi connectivity index (χ0n) is 21.7. The Morgan fingerprint density at radius 2 is 0.950 bits per heavy atom. The van der Waals surface area contributed by atoms with Crippen LogP contribution in [0.3, 0.4) is 0 Å². The van der Waals surface area contributed by atoms with E-state index in [1.54, 1.807) is 0 Å². The summed E-state index contributed by atoms with van der Waals surface area (Å²) >= 11 is 0. The predicted octanol–water partition coefficient (Wildman–Crippen LogP) is 8.27. The van der Waals surface area contributed by atoms with Crippen LogP contribution in [0.1, 0.15) is 5.56 Å². The first-order valence-electron chi connectivity index (χ1n) is 13.5. The Morgan fingerprint density at radius 1 is 0.500 bits per heavy atom. The molecule has 0 atom stereocenters. The number of dihydropyridines is 1. The molecule has 4 aromatic carbocycles. The molecule has 3 aromatic heterocycles. The summed E-state index contributed by atoms with van der Waals surface area (Å²) in [4.78, 5) is 14.3. The third-order valence-electron chi connectivity index (χ3n) is 7.82. The standard InChI is InChI=1S/C36H24N4/c1-5-17-37-31(9-1)27-21-28(32-10-2-6-18-38-32)24-15-16-26-30(34-12-4-8-20-40-34)22-29(33-11-3-7-19-39-33)25-14-13-23(27)35(24)36(25)26/h1-19,21-22,40H,20H2. The molecule has 1 N–H and O–H groups in total. The van der Waals surface area contributed by atoms with Crippen LogP contribution in [0.15, 0.2) is 128 Å². The van der Waals surface area contributed by atoms with E-state index in [-0.39, 0.29) is 0 Å². The molecule has 4 nitrogen and oxygen atoms in total. The van der Waals surface area contributed by atoms with Crippen molar-refractivity contribution in [3.63, 3.8) is 0 Å². The molecule has 0 radical (unpaired) electrons. The Balaban J connectivity index is 1.58. The lowest BCUT2D eigenvalue weighted by Gasteiger charge is -2.22. The Labute approximate surface area is 231 Å². The highest BCUT2D eigenvalue weighted by molar-refractivity contribution is 6.31. The first-order chi connectivity index (χ1) is 19.9. The van der Waals surface area contributed by atoms with E-state index in [1.807, 2.05) is 48.9 Å². The molecule has 0 aliphatic carbocycles. The van der Waals surface area contributed by atoms with Crippen molar-refractivity contribution in [1.29, 1.82) is 0 Å². The summed E-state index contributed by atoms with van der Waals surface area (Å²) in [5, 5.41) is 10.8. The highest BCUT2D eigenvalue weighted by atomic mass is 14.9. The molecule has 0 unspecified atom stereocenters. The van der Waals surface area contributed by atoms with Gasteiger partial charge >= 0.3 is 0 Å². The van der Waals surface area contributed by atoms with E-state index in [4.69, 9.17) is 15.0 Å². The summed E-state index contributed by atoms with van der Waals surface area (Å²) in [7, 11) is 0. The van der Waals surface area contributed by atoms with Gasteiger partial charge in [0.2, 0.25) is 0 Å². The van der Waals surface area contributed by atoms with Crippen LogP contribution < -0.4 is 5.32 Å². The second-order valence-corrected chi connectivity index (χ2v) is 10.0. The number of hydrogen-bond acceptors (Lipinski definition) is 4. The van der Waals surface area contributed by atoms with Crippen LogP contribution in [0.25, 0.3) is 71.8 Å². The molecule has 0 saturated carbocycles. The van der Waals surface area contributed by atoms with Crippen molar-refractivity contribution < 1.29 is 0 Å². The summed E-state index contributed by atoms with van der Waals surface area (Å²) < 4.78 is 0. The Hall–Kier alpha value is -5.35. The van der Waals surface area contributed by atoms with Crippen molar-refractivity contribution in [1.82, 2.24) is 20.3 Å². The molecular weight excluding hydrogens is 488 g/mol. The number of benzene rings is 4. The molecule has 40 heavy (non-hydrogen) atoms. The lowest BCUT2D eigenvalue weighted by molar-refractivity contribution is 0.998. The van der Waals surface area contributed by atoms with Crippen LogP contribution in [0.2, 0.25) is 0 Å². The molecule has 4 heterocycles. The second kappa shape index (κ2) is 9.14. The average Bonchev–Trinajstić information content (AvgIpc) is 3.04. The van der Waals surface area contributed by atoms with E-state index in [0.29, 0.717) is 0 Å². The van der Waals surface area contributed by atoms with Gasteiger partial charge in [0.15, 0.2) is 0 Å². The van der Waals surface area contributed by atoms with E-state index in [0.717, 1.165) is 46.0 Å². The van der Waals surface area contributed by atoms with Gasteiger partial charge in [-0.05, 0) is 86.9 Å². The van der Waals surface area contributed by atoms with Crippen molar-refractivity contribution in [2.24, 2.45) is 0 Å².